The summed E-state index contributed by atoms with van der Waals surface area (Å²) in [5.41, 5.74) is 0.361. The first kappa shape index (κ1) is 19.4. The molecule has 2 rings (SSSR count). The molecule has 1 aromatic carbocycles. The summed E-state index contributed by atoms with van der Waals surface area (Å²) in [4.78, 5) is 27.6. The number of benzene rings is 1. The lowest BCUT2D eigenvalue weighted by atomic mass is 10.0. The van der Waals surface area contributed by atoms with E-state index < -0.39 is 17.9 Å². The highest BCUT2D eigenvalue weighted by Crippen LogP contribution is 2.14. The number of hydrogen-bond donors (Lipinski definition) is 2. The van der Waals surface area contributed by atoms with Crippen LogP contribution < -0.4 is 10.1 Å². The summed E-state index contributed by atoms with van der Waals surface area (Å²) < 4.78 is 10.5. The van der Waals surface area contributed by atoms with Crippen molar-refractivity contribution in [3.05, 3.63) is 41.5 Å². The molecule has 140 valence electrons. The SMILES string of the molecule is CCc1nc(COc2ccc(C(=O)N[C@H](CC(C)C)C(=O)O)cc2)no1. The molecule has 0 saturated carbocycles. The fourth-order valence-electron chi connectivity index (χ4n) is 2.28. The summed E-state index contributed by atoms with van der Waals surface area (Å²) in [6.07, 6.45) is 1.03. The highest BCUT2D eigenvalue weighted by Gasteiger charge is 2.21. The molecule has 8 nitrogen and oxygen atoms in total. The molecule has 2 aromatic rings. The van der Waals surface area contributed by atoms with Crippen molar-refractivity contribution in [2.24, 2.45) is 5.92 Å². The van der Waals surface area contributed by atoms with Crippen LogP contribution in [0.5, 0.6) is 5.75 Å². The fourth-order valence-corrected chi connectivity index (χ4v) is 2.28. The minimum absolute atomic E-state index is 0.157. The van der Waals surface area contributed by atoms with E-state index in [2.05, 4.69) is 15.5 Å². The number of nitrogens with zero attached hydrogens (tertiary/aromatic N) is 2. The maximum atomic E-state index is 12.2. The van der Waals surface area contributed by atoms with E-state index in [1.165, 1.54) is 0 Å². The Morgan fingerprint density at radius 1 is 1.27 bits per heavy atom. The minimum atomic E-state index is -1.04. The van der Waals surface area contributed by atoms with Gasteiger partial charge >= 0.3 is 5.97 Å². The molecule has 0 fully saturated rings. The van der Waals surface area contributed by atoms with Crippen molar-refractivity contribution in [3.63, 3.8) is 0 Å². The van der Waals surface area contributed by atoms with Crippen LogP contribution >= 0.6 is 0 Å². The molecule has 0 unspecified atom stereocenters. The number of carbonyl (C=O) groups is 2. The van der Waals surface area contributed by atoms with Gasteiger partial charge in [-0.1, -0.05) is 25.9 Å². The van der Waals surface area contributed by atoms with E-state index in [-0.39, 0.29) is 12.5 Å². The number of rotatable bonds is 9. The molecule has 0 aliphatic heterocycles. The summed E-state index contributed by atoms with van der Waals surface area (Å²) in [5, 5.41) is 15.5. The molecule has 0 spiro atoms. The van der Waals surface area contributed by atoms with Crippen LogP contribution in [0.3, 0.4) is 0 Å². The minimum Gasteiger partial charge on any atom is -0.485 e. The molecular weight excluding hydrogens is 338 g/mol. The van der Waals surface area contributed by atoms with Crippen molar-refractivity contribution in [2.75, 3.05) is 0 Å². The number of nitrogens with one attached hydrogen (secondary N) is 1. The van der Waals surface area contributed by atoms with E-state index in [9.17, 15) is 14.7 Å². The van der Waals surface area contributed by atoms with E-state index in [0.717, 1.165) is 0 Å². The normalized spacial score (nSPS) is 12.0. The van der Waals surface area contributed by atoms with Crippen molar-refractivity contribution in [3.8, 4) is 5.75 Å². The second kappa shape index (κ2) is 8.98. The van der Waals surface area contributed by atoms with Gasteiger partial charge in [-0.05, 0) is 36.6 Å². The predicted octanol–water partition coefficient (Wildman–Crippen LogP) is 2.44. The van der Waals surface area contributed by atoms with Crippen molar-refractivity contribution < 1.29 is 24.0 Å². The van der Waals surface area contributed by atoms with Crippen LogP contribution in [0.25, 0.3) is 0 Å². The average Bonchev–Trinajstić information content (AvgIpc) is 3.07. The summed E-state index contributed by atoms with van der Waals surface area (Å²) >= 11 is 0. The van der Waals surface area contributed by atoms with Gasteiger partial charge in [0.2, 0.25) is 11.7 Å². The van der Waals surface area contributed by atoms with Gasteiger partial charge in [-0.25, -0.2) is 4.79 Å². The summed E-state index contributed by atoms with van der Waals surface area (Å²) in [7, 11) is 0. The molecule has 1 heterocycles. The molecule has 1 atom stereocenters. The molecule has 1 amide bonds. The molecule has 0 bridgehead atoms. The lowest BCUT2D eigenvalue weighted by Crippen LogP contribution is -2.41. The first-order valence-corrected chi connectivity index (χ1v) is 8.47. The van der Waals surface area contributed by atoms with Crippen molar-refractivity contribution in [1.29, 1.82) is 0 Å². The zero-order chi connectivity index (χ0) is 19.1. The van der Waals surface area contributed by atoms with Crippen LogP contribution in [0.1, 0.15) is 49.3 Å². The van der Waals surface area contributed by atoms with E-state index in [1.54, 1.807) is 24.3 Å². The first-order chi connectivity index (χ1) is 12.4. The number of aromatic nitrogens is 2. The second-order valence-corrected chi connectivity index (χ2v) is 6.26. The van der Waals surface area contributed by atoms with E-state index >= 15 is 0 Å². The standard InChI is InChI=1S/C18H23N3O5/c1-4-16-20-15(21-26-16)10-25-13-7-5-12(6-8-13)17(22)19-14(18(23)24)9-11(2)3/h5-8,11,14H,4,9-10H2,1-3H3,(H,19,22)(H,23,24)/t14-/m1/s1. The lowest BCUT2D eigenvalue weighted by molar-refractivity contribution is -0.139. The van der Waals surface area contributed by atoms with Gasteiger partial charge in [0.25, 0.3) is 5.91 Å². The number of carboxylic acid groups (broad SMARTS) is 1. The van der Waals surface area contributed by atoms with Crippen molar-refractivity contribution in [2.45, 2.75) is 46.3 Å². The Bertz CT molecular complexity index is 740. The smallest absolute Gasteiger partial charge is 0.326 e. The van der Waals surface area contributed by atoms with Gasteiger partial charge in [-0.3, -0.25) is 4.79 Å². The summed E-state index contributed by atoms with van der Waals surface area (Å²) in [6.45, 7) is 5.88. The van der Waals surface area contributed by atoms with Gasteiger partial charge in [0.05, 0.1) is 0 Å². The quantitative estimate of drug-likeness (QED) is 0.705. The van der Waals surface area contributed by atoms with Crippen molar-refractivity contribution in [1.82, 2.24) is 15.5 Å². The molecule has 26 heavy (non-hydrogen) atoms. The number of carboxylic acids is 1. The van der Waals surface area contributed by atoms with E-state index in [1.807, 2.05) is 20.8 Å². The molecule has 0 aliphatic carbocycles. The van der Waals surface area contributed by atoms with Crippen LogP contribution in [-0.2, 0) is 17.8 Å². The molecule has 2 N–H and O–H groups in total. The van der Waals surface area contributed by atoms with E-state index in [4.69, 9.17) is 9.26 Å². The number of ether oxygens (including phenoxy) is 1. The van der Waals surface area contributed by atoms with Crippen molar-refractivity contribution >= 4 is 11.9 Å². The molecule has 1 aromatic heterocycles. The Balaban J connectivity index is 1.92. The maximum absolute atomic E-state index is 12.2. The van der Waals surface area contributed by atoms with Crippen LogP contribution in [0.2, 0.25) is 0 Å². The number of aryl methyl sites for hydroxylation is 1. The van der Waals surface area contributed by atoms with Gasteiger partial charge in [-0.15, -0.1) is 0 Å². The first-order valence-electron chi connectivity index (χ1n) is 8.47. The monoisotopic (exact) mass is 361 g/mol. The molecule has 0 radical (unpaired) electrons. The zero-order valence-electron chi connectivity index (χ0n) is 15.1. The largest absolute Gasteiger partial charge is 0.485 e. The Morgan fingerprint density at radius 3 is 2.50 bits per heavy atom. The van der Waals surface area contributed by atoms with Crippen LogP contribution in [-0.4, -0.2) is 33.2 Å². The van der Waals surface area contributed by atoms with Gasteiger partial charge in [0.15, 0.2) is 6.61 Å². The number of carbonyl (C=O) groups excluding carboxylic acids is 1. The van der Waals surface area contributed by atoms with E-state index in [0.29, 0.717) is 35.9 Å². The number of aliphatic carboxylic acids is 1. The van der Waals surface area contributed by atoms with Gasteiger partial charge < -0.3 is 19.7 Å². The molecule has 8 heteroatoms. The Morgan fingerprint density at radius 2 is 1.96 bits per heavy atom. The highest BCUT2D eigenvalue weighted by atomic mass is 16.5. The van der Waals surface area contributed by atoms with Crippen LogP contribution in [0.4, 0.5) is 0 Å². The Hall–Kier alpha value is -2.90. The number of amides is 1. The Labute approximate surface area is 151 Å². The Kier molecular flexibility index (Phi) is 6.71. The average molecular weight is 361 g/mol. The molecule has 0 saturated heterocycles. The van der Waals surface area contributed by atoms with Gasteiger partial charge in [0, 0.05) is 12.0 Å². The zero-order valence-corrected chi connectivity index (χ0v) is 15.1. The third-order valence-electron chi connectivity index (χ3n) is 3.61. The molecular formula is C18H23N3O5. The highest BCUT2D eigenvalue weighted by molar-refractivity contribution is 5.96. The van der Waals surface area contributed by atoms with Crippen LogP contribution in [0, 0.1) is 5.92 Å². The van der Waals surface area contributed by atoms with Gasteiger partial charge in [0.1, 0.15) is 11.8 Å². The summed E-state index contributed by atoms with van der Waals surface area (Å²) in [5.74, 6) is 0.215. The van der Waals surface area contributed by atoms with Crippen LogP contribution in [0.15, 0.2) is 28.8 Å². The lowest BCUT2D eigenvalue weighted by Gasteiger charge is -2.16. The second-order valence-electron chi connectivity index (χ2n) is 6.26. The fraction of sp³-hybridized carbons (Fsp3) is 0.444. The predicted molar refractivity (Wildman–Crippen MR) is 92.8 cm³/mol. The third kappa shape index (κ3) is 5.58. The molecule has 0 aliphatic rings. The number of hydrogen-bond acceptors (Lipinski definition) is 6. The maximum Gasteiger partial charge on any atom is 0.326 e. The topological polar surface area (TPSA) is 115 Å². The van der Waals surface area contributed by atoms with Gasteiger partial charge in [-0.2, -0.15) is 4.98 Å². The summed E-state index contributed by atoms with van der Waals surface area (Å²) in [6, 6.07) is 5.51. The third-order valence-corrected chi connectivity index (χ3v) is 3.61.